The van der Waals surface area contributed by atoms with Gasteiger partial charge in [-0.05, 0) is 42.9 Å². The zero-order valence-corrected chi connectivity index (χ0v) is 12.1. The van der Waals surface area contributed by atoms with E-state index >= 15 is 0 Å². The van der Waals surface area contributed by atoms with Crippen molar-refractivity contribution in [3.63, 3.8) is 0 Å². The molecule has 0 bridgehead atoms. The molecule has 1 N–H and O–H groups in total. The third kappa shape index (κ3) is 3.14. The van der Waals surface area contributed by atoms with E-state index in [1.807, 2.05) is 6.92 Å². The third-order valence-electron chi connectivity index (χ3n) is 3.90. The zero-order valence-electron chi connectivity index (χ0n) is 11.3. The third-order valence-corrected chi connectivity index (χ3v) is 5.43. The van der Waals surface area contributed by atoms with Crippen molar-refractivity contribution < 1.29 is 26.0 Å². The molecule has 1 aromatic carbocycles. The Balaban J connectivity index is 2.34. The maximum Gasteiger partial charge on any atom is 0.501 e. The van der Waals surface area contributed by atoms with Crippen molar-refractivity contribution in [2.75, 3.05) is 11.9 Å². The Kier molecular flexibility index (Phi) is 3.94. The molecular weight excluding hydrogens is 310 g/mol. The lowest BCUT2D eigenvalue weighted by Crippen LogP contribution is -2.25. The molecule has 0 unspecified atom stereocenters. The largest absolute Gasteiger partial charge is 0.501 e. The molecule has 0 aliphatic heterocycles. The highest BCUT2D eigenvalue weighted by Crippen LogP contribution is 2.48. The summed E-state index contributed by atoms with van der Waals surface area (Å²) in [6.07, 6.45) is 2.74. The summed E-state index contributed by atoms with van der Waals surface area (Å²) in [5.41, 5.74) is -5.67. The van der Waals surface area contributed by atoms with Crippen LogP contribution in [0, 0.1) is 11.2 Å². The average Bonchev–Trinajstić information content (AvgIpc) is 3.16. The van der Waals surface area contributed by atoms with Gasteiger partial charge in [0.05, 0.1) is 5.69 Å². The van der Waals surface area contributed by atoms with E-state index in [9.17, 15) is 26.0 Å². The van der Waals surface area contributed by atoms with Crippen molar-refractivity contribution in [3.8, 4) is 0 Å². The number of anilines is 1. The van der Waals surface area contributed by atoms with Gasteiger partial charge in [0.2, 0.25) is 0 Å². The van der Waals surface area contributed by atoms with E-state index in [0.717, 1.165) is 31.4 Å². The Morgan fingerprint density at radius 1 is 1.29 bits per heavy atom. The molecule has 0 saturated heterocycles. The molecule has 0 radical (unpaired) electrons. The van der Waals surface area contributed by atoms with Crippen LogP contribution in [0.3, 0.4) is 0 Å². The fourth-order valence-electron chi connectivity index (χ4n) is 2.10. The molecule has 3 nitrogen and oxygen atoms in total. The molecule has 0 heterocycles. The smallest absolute Gasteiger partial charge is 0.383 e. The van der Waals surface area contributed by atoms with Crippen molar-refractivity contribution >= 4 is 15.5 Å². The van der Waals surface area contributed by atoms with E-state index in [-0.39, 0.29) is 11.1 Å². The predicted octanol–water partition coefficient (Wildman–Crippen LogP) is 3.72. The van der Waals surface area contributed by atoms with E-state index in [4.69, 9.17) is 0 Å². The minimum atomic E-state index is -5.59. The number of hydrogen-bond acceptors (Lipinski definition) is 3. The summed E-state index contributed by atoms with van der Waals surface area (Å²) >= 11 is 0. The highest BCUT2D eigenvalue weighted by Gasteiger charge is 2.48. The second-order valence-electron chi connectivity index (χ2n) is 5.30. The van der Waals surface area contributed by atoms with Crippen molar-refractivity contribution in [3.05, 3.63) is 24.0 Å². The van der Waals surface area contributed by atoms with Crippen LogP contribution >= 0.6 is 0 Å². The van der Waals surface area contributed by atoms with Gasteiger partial charge in [-0.1, -0.05) is 6.92 Å². The number of alkyl halides is 3. The van der Waals surface area contributed by atoms with E-state index in [0.29, 0.717) is 12.6 Å². The summed E-state index contributed by atoms with van der Waals surface area (Å²) in [5, 5.41) is 2.73. The summed E-state index contributed by atoms with van der Waals surface area (Å²) in [6, 6.07) is 2.36. The topological polar surface area (TPSA) is 46.2 Å². The normalized spacial score (nSPS) is 17.6. The van der Waals surface area contributed by atoms with Crippen LogP contribution in [0.25, 0.3) is 0 Å². The molecule has 1 fully saturated rings. The summed E-state index contributed by atoms with van der Waals surface area (Å²) in [4.78, 5) is -1.07. The van der Waals surface area contributed by atoms with Crippen molar-refractivity contribution in [1.29, 1.82) is 0 Å². The molecule has 1 aliphatic carbocycles. The summed E-state index contributed by atoms with van der Waals surface area (Å²) < 4.78 is 74.1. The van der Waals surface area contributed by atoms with E-state index in [2.05, 4.69) is 5.32 Å². The van der Waals surface area contributed by atoms with E-state index < -0.39 is 26.1 Å². The van der Waals surface area contributed by atoms with Gasteiger partial charge in [-0.25, -0.2) is 12.8 Å². The highest BCUT2D eigenvalue weighted by molar-refractivity contribution is 7.92. The van der Waals surface area contributed by atoms with Gasteiger partial charge >= 0.3 is 5.51 Å². The average molecular weight is 325 g/mol. The monoisotopic (exact) mass is 325 g/mol. The molecule has 1 saturated carbocycles. The van der Waals surface area contributed by atoms with Gasteiger partial charge in [-0.3, -0.25) is 0 Å². The van der Waals surface area contributed by atoms with Crippen LogP contribution in [-0.4, -0.2) is 20.5 Å². The molecule has 2 rings (SSSR count). The number of nitrogens with one attached hydrogen (secondary N) is 1. The molecule has 1 aliphatic rings. The maximum absolute atomic E-state index is 13.2. The van der Waals surface area contributed by atoms with Crippen LogP contribution in [0.2, 0.25) is 0 Å². The number of sulfone groups is 1. The zero-order chi connectivity index (χ0) is 15.9. The van der Waals surface area contributed by atoms with Gasteiger partial charge in [0.1, 0.15) is 10.7 Å². The molecular formula is C13H15F4NO2S. The molecule has 0 amide bonds. The number of rotatable bonds is 5. The fraction of sp³-hybridized carbons (Fsp3) is 0.538. The van der Waals surface area contributed by atoms with Crippen molar-refractivity contribution in [1.82, 2.24) is 0 Å². The Morgan fingerprint density at radius 3 is 2.38 bits per heavy atom. The Morgan fingerprint density at radius 2 is 1.90 bits per heavy atom. The van der Waals surface area contributed by atoms with E-state index in [1.54, 1.807) is 0 Å². The predicted molar refractivity (Wildman–Crippen MR) is 70.1 cm³/mol. The summed E-state index contributed by atoms with van der Waals surface area (Å²) in [5.74, 6) is -1.03. The van der Waals surface area contributed by atoms with Gasteiger partial charge in [0.25, 0.3) is 9.84 Å². The minimum Gasteiger partial charge on any atom is -0.383 e. The number of benzene rings is 1. The molecule has 0 aromatic heterocycles. The molecule has 0 atom stereocenters. The van der Waals surface area contributed by atoms with Gasteiger partial charge in [0.15, 0.2) is 0 Å². The van der Waals surface area contributed by atoms with Gasteiger partial charge < -0.3 is 5.32 Å². The Bertz CT molecular complexity index is 636. The van der Waals surface area contributed by atoms with Crippen molar-refractivity contribution in [2.45, 2.75) is 36.6 Å². The first-order valence-electron chi connectivity index (χ1n) is 6.46. The molecule has 1 aromatic rings. The second-order valence-corrected chi connectivity index (χ2v) is 7.21. The summed E-state index contributed by atoms with van der Waals surface area (Å²) in [6.45, 7) is 2.34. The fourth-order valence-corrected chi connectivity index (χ4v) is 3.05. The number of hydrogen-bond donors (Lipinski definition) is 1. The van der Waals surface area contributed by atoms with Crippen LogP contribution in [0.1, 0.15) is 26.2 Å². The minimum absolute atomic E-state index is 0.00759. The van der Waals surface area contributed by atoms with E-state index in [1.165, 1.54) is 0 Å². The second kappa shape index (κ2) is 5.15. The van der Waals surface area contributed by atoms with Crippen LogP contribution in [0.5, 0.6) is 0 Å². The molecule has 8 heteroatoms. The van der Waals surface area contributed by atoms with Gasteiger partial charge in [0, 0.05) is 6.54 Å². The van der Waals surface area contributed by atoms with Crippen LogP contribution < -0.4 is 5.32 Å². The highest BCUT2D eigenvalue weighted by atomic mass is 32.2. The number of halogens is 4. The van der Waals surface area contributed by atoms with Crippen LogP contribution in [0.4, 0.5) is 23.2 Å². The summed E-state index contributed by atoms with van der Waals surface area (Å²) in [7, 11) is -5.59. The lowest BCUT2D eigenvalue weighted by Gasteiger charge is -2.18. The first-order chi connectivity index (χ1) is 9.61. The van der Waals surface area contributed by atoms with Crippen LogP contribution in [0.15, 0.2) is 23.1 Å². The molecule has 118 valence electrons. The van der Waals surface area contributed by atoms with Crippen molar-refractivity contribution in [2.24, 2.45) is 5.41 Å². The quantitative estimate of drug-likeness (QED) is 0.839. The lowest BCUT2D eigenvalue weighted by atomic mass is 10.0. The van der Waals surface area contributed by atoms with Crippen LogP contribution in [-0.2, 0) is 9.84 Å². The Hall–Kier alpha value is -1.31. The van der Waals surface area contributed by atoms with Gasteiger partial charge in [-0.2, -0.15) is 13.2 Å². The first kappa shape index (κ1) is 16.1. The molecule has 21 heavy (non-hydrogen) atoms. The first-order valence-corrected chi connectivity index (χ1v) is 7.94. The van der Waals surface area contributed by atoms with Gasteiger partial charge in [-0.15, -0.1) is 0 Å². The lowest BCUT2D eigenvalue weighted by molar-refractivity contribution is -0.0435. The SMILES string of the molecule is CCC1(CNc2ccc(F)cc2S(=O)(=O)C(F)(F)F)CC1. The molecule has 0 spiro atoms. The standard InChI is InChI=1S/C13H15F4NO2S/c1-2-12(5-6-12)8-18-10-4-3-9(14)7-11(10)21(19,20)13(15,16)17/h3-4,7,18H,2,5-6,8H2,1H3. The Labute approximate surface area is 120 Å². The maximum atomic E-state index is 13.2.